The van der Waals surface area contributed by atoms with Crippen molar-refractivity contribution < 1.29 is 4.79 Å². The minimum Gasteiger partial charge on any atom is -0.302 e. The standard InChI is InChI=1S/C22H20N4OS/c1-3-26-21(24-25-22(26)28-14-15(2)27)18-13-20(16-9-5-4-6-10-16)23-19-12-8-7-11-17(18)19/h4-13H,3,14H2,1-2H3. The van der Waals surface area contributed by atoms with Crippen molar-refractivity contribution in [1.82, 2.24) is 19.7 Å². The molecule has 0 saturated carbocycles. The molecular formula is C22H20N4OS. The fourth-order valence-corrected chi connectivity index (χ4v) is 3.97. The minimum absolute atomic E-state index is 0.123. The molecule has 2 aromatic heterocycles. The van der Waals surface area contributed by atoms with E-state index >= 15 is 0 Å². The Morgan fingerprint density at radius 3 is 2.54 bits per heavy atom. The van der Waals surface area contributed by atoms with E-state index in [2.05, 4.69) is 46.0 Å². The molecule has 0 amide bonds. The lowest BCUT2D eigenvalue weighted by Gasteiger charge is -2.11. The molecule has 0 spiro atoms. The molecule has 6 heteroatoms. The van der Waals surface area contributed by atoms with Crippen LogP contribution >= 0.6 is 11.8 Å². The van der Waals surface area contributed by atoms with Gasteiger partial charge in [-0.3, -0.25) is 4.79 Å². The number of carbonyl (C=O) groups excluding carboxylic acids is 1. The van der Waals surface area contributed by atoms with E-state index in [-0.39, 0.29) is 5.78 Å². The van der Waals surface area contributed by atoms with Crippen molar-refractivity contribution in [2.75, 3.05) is 5.75 Å². The van der Waals surface area contributed by atoms with Gasteiger partial charge in [0.05, 0.1) is 17.0 Å². The van der Waals surface area contributed by atoms with Gasteiger partial charge in [-0.05, 0) is 26.0 Å². The van der Waals surface area contributed by atoms with E-state index in [4.69, 9.17) is 4.98 Å². The lowest BCUT2D eigenvalue weighted by Crippen LogP contribution is -2.02. The van der Waals surface area contributed by atoms with E-state index in [1.807, 2.05) is 36.4 Å². The quantitative estimate of drug-likeness (QED) is 0.441. The summed E-state index contributed by atoms with van der Waals surface area (Å²) in [6, 6.07) is 20.3. The Morgan fingerprint density at radius 2 is 1.79 bits per heavy atom. The van der Waals surface area contributed by atoms with Crippen molar-refractivity contribution >= 4 is 28.4 Å². The number of para-hydroxylation sites is 1. The largest absolute Gasteiger partial charge is 0.302 e. The zero-order chi connectivity index (χ0) is 19.5. The smallest absolute Gasteiger partial charge is 0.191 e. The van der Waals surface area contributed by atoms with Gasteiger partial charge in [0.15, 0.2) is 11.0 Å². The number of benzene rings is 2. The van der Waals surface area contributed by atoms with Gasteiger partial charge in [-0.15, -0.1) is 10.2 Å². The van der Waals surface area contributed by atoms with E-state index in [0.29, 0.717) is 5.75 Å². The van der Waals surface area contributed by atoms with Crippen LogP contribution in [0.3, 0.4) is 0 Å². The van der Waals surface area contributed by atoms with E-state index in [1.165, 1.54) is 11.8 Å². The summed E-state index contributed by atoms with van der Waals surface area (Å²) in [5.74, 6) is 1.31. The molecule has 0 N–H and O–H groups in total. The van der Waals surface area contributed by atoms with Gasteiger partial charge >= 0.3 is 0 Å². The Bertz CT molecular complexity index is 1140. The number of fused-ring (bicyclic) bond motifs is 1. The maximum Gasteiger partial charge on any atom is 0.191 e. The molecule has 0 atom stereocenters. The van der Waals surface area contributed by atoms with Crippen molar-refractivity contribution in [3.05, 3.63) is 60.7 Å². The van der Waals surface area contributed by atoms with E-state index < -0.39 is 0 Å². The van der Waals surface area contributed by atoms with Gasteiger partial charge in [-0.25, -0.2) is 4.98 Å². The number of thioether (sulfide) groups is 1. The van der Waals surface area contributed by atoms with Gasteiger partial charge in [-0.2, -0.15) is 0 Å². The second kappa shape index (κ2) is 7.94. The van der Waals surface area contributed by atoms with Crippen LogP contribution < -0.4 is 0 Å². The zero-order valence-electron chi connectivity index (χ0n) is 15.8. The summed E-state index contributed by atoms with van der Waals surface area (Å²) >= 11 is 1.43. The van der Waals surface area contributed by atoms with Gasteiger partial charge < -0.3 is 4.57 Å². The molecule has 0 aliphatic heterocycles. The fraction of sp³-hybridized carbons (Fsp3) is 0.182. The van der Waals surface area contributed by atoms with Gasteiger partial charge in [0, 0.05) is 23.1 Å². The Labute approximate surface area is 167 Å². The highest BCUT2D eigenvalue weighted by atomic mass is 32.2. The molecule has 140 valence electrons. The summed E-state index contributed by atoms with van der Waals surface area (Å²) < 4.78 is 2.06. The zero-order valence-corrected chi connectivity index (χ0v) is 16.6. The number of hydrogen-bond donors (Lipinski definition) is 0. The highest BCUT2D eigenvalue weighted by molar-refractivity contribution is 7.99. The van der Waals surface area contributed by atoms with E-state index in [1.54, 1.807) is 6.92 Å². The van der Waals surface area contributed by atoms with E-state index in [9.17, 15) is 4.79 Å². The molecule has 4 aromatic rings. The molecule has 0 unspecified atom stereocenters. The molecule has 0 aliphatic rings. The Hall–Kier alpha value is -2.99. The summed E-state index contributed by atoms with van der Waals surface area (Å²) in [6.07, 6.45) is 0. The maximum absolute atomic E-state index is 11.4. The van der Waals surface area contributed by atoms with Crippen molar-refractivity contribution in [2.24, 2.45) is 0 Å². The van der Waals surface area contributed by atoms with Gasteiger partial charge in [-0.1, -0.05) is 60.3 Å². The van der Waals surface area contributed by atoms with Crippen molar-refractivity contribution in [3.63, 3.8) is 0 Å². The number of pyridine rings is 1. The average molecular weight is 388 g/mol. The number of nitrogens with zero attached hydrogens (tertiary/aromatic N) is 4. The van der Waals surface area contributed by atoms with Crippen molar-refractivity contribution in [2.45, 2.75) is 25.5 Å². The molecule has 0 fully saturated rings. The van der Waals surface area contributed by atoms with Gasteiger partial charge in [0.1, 0.15) is 5.78 Å². The summed E-state index contributed by atoms with van der Waals surface area (Å²) in [4.78, 5) is 16.2. The number of ketones is 1. The van der Waals surface area contributed by atoms with Crippen LogP contribution in [0.2, 0.25) is 0 Å². The fourth-order valence-electron chi connectivity index (χ4n) is 3.16. The number of rotatable bonds is 6. The van der Waals surface area contributed by atoms with Crippen LogP contribution in [0.4, 0.5) is 0 Å². The third kappa shape index (κ3) is 3.55. The summed E-state index contributed by atoms with van der Waals surface area (Å²) in [6.45, 7) is 4.37. The Kier molecular flexibility index (Phi) is 5.21. The van der Waals surface area contributed by atoms with Crippen LogP contribution in [0, 0.1) is 0 Å². The van der Waals surface area contributed by atoms with Crippen LogP contribution in [-0.2, 0) is 11.3 Å². The lowest BCUT2D eigenvalue weighted by atomic mass is 10.0. The van der Waals surface area contributed by atoms with Crippen LogP contribution in [0.25, 0.3) is 33.5 Å². The average Bonchev–Trinajstić information content (AvgIpc) is 3.14. The van der Waals surface area contributed by atoms with Gasteiger partial charge in [0.2, 0.25) is 0 Å². The van der Waals surface area contributed by atoms with Crippen molar-refractivity contribution in [3.8, 4) is 22.6 Å². The minimum atomic E-state index is 0.123. The first-order valence-electron chi connectivity index (χ1n) is 9.18. The highest BCUT2D eigenvalue weighted by Crippen LogP contribution is 2.32. The molecule has 2 heterocycles. The number of carbonyl (C=O) groups is 1. The molecule has 2 aromatic carbocycles. The molecule has 0 aliphatic carbocycles. The van der Waals surface area contributed by atoms with Crippen molar-refractivity contribution in [1.29, 1.82) is 0 Å². The normalized spacial score (nSPS) is 11.1. The molecule has 0 saturated heterocycles. The SMILES string of the molecule is CCn1c(SCC(C)=O)nnc1-c1cc(-c2ccccc2)nc2ccccc12. The van der Waals surface area contributed by atoms with Gasteiger partial charge in [0.25, 0.3) is 0 Å². The lowest BCUT2D eigenvalue weighted by molar-refractivity contribution is -0.114. The Balaban J connectivity index is 1.90. The molecule has 4 rings (SSSR count). The monoisotopic (exact) mass is 388 g/mol. The molecule has 0 radical (unpaired) electrons. The number of hydrogen-bond acceptors (Lipinski definition) is 5. The number of aromatic nitrogens is 4. The predicted octanol–water partition coefficient (Wildman–Crippen LogP) is 4.86. The predicted molar refractivity (Wildman–Crippen MR) is 113 cm³/mol. The van der Waals surface area contributed by atoms with Crippen LogP contribution in [-0.4, -0.2) is 31.3 Å². The Morgan fingerprint density at radius 1 is 1.04 bits per heavy atom. The first kappa shape index (κ1) is 18.4. The van der Waals surface area contributed by atoms with Crippen LogP contribution in [0.1, 0.15) is 13.8 Å². The second-order valence-electron chi connectivity index (χ2n) is 6.48. The summed E-state index contributed by atoms with van der Waals surface area (Å²) in [5.41, 5.74) is 3.87. The highest BCUT2D eigenvalue weighted by Gasteiger charge is 2.17. The summed E-state index contributed by atoms with van der Waals surface area (Å²) in [7, 11) is 0. The van der Waals surface area contributed by atoms with Crippen LogP contribution in [0.15, 0.2) is 65.8 Å². The molecular weight excluding hydrogens is 368 g/mol. The van der Waals surface area contributed by atoms with Crippen LogP contribution in [0.5, 0.6) is 0 Å². The first-order valence-corrected chi connectivity index (χ1v) is 10.2. The second-order valence-corrected chi connectivity index (χ2v) is 7.42. The third-order valence-electron chi connectivity index (χ3n) is 4.46. The first-order chi connectivity index (χ1) is 13.7. The molecule has 0 bridgehead atoms. The molecule has 5 nitrogen and oxygen atoms in total. The topological polar surface area (TPSA) is 60.7 Å². The maximum atomic E-state index is 11.4. The molecule has 28 heavy (non-hydrogen) atoms. The van der Waals surface area contributed by atoms with E-state index in [0.717, 1.165) is 45.2 Å². The summed E-state index contributed by atoms with van der Waals surface area (Å²) in [5, 5.41) is 10.6. The number of Topliss-reactive ketones (excluding diaryl/α,β-unsaturated/α-hetero) is 1. The third-order valence-corrected chi connectivity index (χ3v) is 5.58.